The smallest absolute Gasteiger partial charge is 0.164 e. The van der Waals surface area contributed by atoms with Gasteiger partial charge in [0.2, 0.25) is 0 Å². The molecule has 0 unspecified atom stereocenters. The topological polar surface area (TPSA) is 51.6 Å². The fraction of sp³-hybridized carbons (Fsp3) is 0.0909. The second-order valence-electron chi connectivity index (χ2n) is 9.28. The molecule has 0 fully saturated rings. The van der Waals surface area contributed by atoms with Crippen molar-refractivity contribution < 1.29 is 0 Å². The minimum absolute atomic E-state index is 0.527. The van der Waals surface area contributed by atoms with Gasteiger partial charge in [0.05, 0.1) is 5.69 Å². The maximum absolute atomic E-state index is 4.92. The first-order chi connectivity index (χ1) is 18.2. The fourth-order valence-electron chi connectivity index (χ4n) is 4.45. The molecule has 0 aliphatic heterocycles. The van der Waals surface area contributed by atoms with Gasteiger partial charge in [-0.05, 0) is 41.7 Å². The van der Waals surface area contributed by atoms with Crippen LogP contribution in [-0.4, -0.2) is 19.9 Å². The van der Waals surface area contributed by atoms with E-state index in [1.54, 1.807) is 0 Å². The van der Waals surface area contributed by atoms with Gasteiger partial charge >= 0.3 is 0 Å². The molecular weight excluding hydrogens is 452 g/mol. The molecule has 37 heavy (non-hydrogen) atoms. The van der Waals surface area contributed by atoms with Crippen molar-refractivity contribution in [3.63, 3.8) is 0 Å². The molecular formula is C33H26N4. The van der Waals surface area contributed by atoms with E-state index in [4.69, 9.17) is 15.0 Å². The Morgan fingerprint density at radius 1 is 0.595 bits per heavy atom. The highest BCUT2D eigenvalue weighted by molar-refractivity contribution is 5.76. The van der Waals surface area contributed by atoms with Crippen LogP contribution in [-0.2, 0) is 0 Å². The summed E-state index contributed by atoms with van der Waals surface area (Å²) >= 11 is 0. The molecule has 0 amide bonds. The van der Waals surface area contributed by atoms with E-state index in [1.807, 2.05) is 54.7 Å². The van der Waals surface area contributed by atoms with Gasteiger partial charge in [-0.25, -0.2) is 15.0 Å². The zero-order chi connectivity index (χ0) is 25.0. The van der Waals surface area contributed by atoms with Crippen LogP contribution >= 0.6 is 0 Å². The van der Waals surface area contributed by atoms with E-state index >= 15 is 0 Å². The number of hydrogen-bond donors (Lipinski definition) is 0. The molecule has 0 N–H and O–H groups in total. The highest BCUT2D eigenvalue weighted by Gasteiger charge is 2.15. The summed E-state index contributed by atoms with van der Waals surface area (Å²) in [5.41, 5.74) is 7.28. The average molecular weight is 479 g/mol. The first-order valence-electron chi connectivity index (χ1n) is 12.6. The summed E-state index contributed by atoms with van der Waals surface area (Å²) in [6, 6.07) is 32.9. The monoisotopic (exact) mass is 478 g/mol. The van der Waals surface area contributed by atoms with Crippen molar-refractivity contribution in [2.24, 2.45) is 5.92 Å². The van der Waals surface area contributed by atoms with Crippen LogP contribution in [0.3, 0.4) is 0 Å². The van der Waals surface area contributed by atoms with Crippen LogP contribution in [0.5, 0.6) is 0 Å². The Kier molecular flexibility index (Phi) is 6.22. The van der Waals surface area contributed by atoms with Crippen molar-refractivity contribution in [3.8, 4) is 45.2 Å². The number of rotatable bonds is 5. The lowest BCUT2D eigenvalue weighted by Crippen LogP contribution is -2.04. The Morgan fingerprint density at radius 2 is 1.27 bits per heavy atom. The molecule has 0 radical (unpaired) electrons. The van der Waals surface area contributed by atoms with Crippen LogP contribution in [0.25, 0.3) is 50.7 Å². The van der Waals surface area contributed by atoms with E-state index in [9.17, 15) is 0 Å². The van der Waals surface area contributed by atoms with E-state index in [0.717, 1.165) is 45.5 Å². The molecule has 178 valence electrons. The van der Waals surface area contributed by atoms with Crippen LogP contribution < -0.4 is 0 Å². The van der Waals surface area contributed by atoms with Crippen molar-refractivity contribution >= 4 is 5.57 Å². The Labute approximate surface area is 217 Å². The number of aromatic nitrogens is 4. The maximum atomic E-state index is 4.92. The Morgan fingerprint density at radius 3 is 2.00 bits per heavy atom. The lowest BCUT2D eigenvalue weighted by Gasteiger charge is -2.13. The lowest BCUT2D eigenvalue weighted by atomic mass is 9.98. The summed E-state index contributed by atoms with van der Waals surface area (Å²) in [5, 5.41) is 0. The van der Waals surface area contributed by atoms with Crippen molar-refractivity contribution in [3.05, 3.63) is 127 Å². The van der Waals surface area contributed by atoms with Gasteiger partial charge in [0.25, 0.3) is 0 Å². The van der Waals surface area contributed by atoms with Crippen LogP contribution in [0.15, 0.2) is 121 Å². The van der Waals surface area contributed by atoms with Gasteiger partial charge in [-0.2, -0.15) is 0 Å². The first-order valence-corrected chi connectivity index (χ1v) is 12.6. The van der Waals surface area contributed by atoms with E-state index in [0.29, 0.717) is 23.4 Å². The second-order valence-corrected chi connectivity index (χ2v) is 9.28. The third-order valence-electron chi connectivity index (χ3n) is 6.54. The normalized spacial score (nSPS) is 14.8. The molecule has 4 heteroatoms. The molecule has 2 heterocycles. The summed E-state index contributed by atoms with van der Waals surface area (Å²) in [5.74, 6) is 2.58. The highest BCUT2D eigenvalue weighted by Crippen LogP contribution is 2.29. The summed E-state index contributed by atoms with van der Waals surface area (Å²) in [7, 11) is 0. The Hall–Kier alpha value is -4.70. The summed E-state index contributed by atoms with van der Waals surface area (Å²) in [4.78, 5) is 19.1. The van der Waals surface area contributed by atoms with E-state index in [2.05, 4.69) is 78.7 Å². The molecule has 1 aliphatic rings. The number of nitrogens with zero attached hydrogens (tertiary/aromatic N) is 4. The molecule has 0 saturated heterocycles. The van der Waals surface area contributed by atoms with Crippen molar-refractivity contribution in [2.45, 2.75) is 13.3 Å². The van der Waals surface area contributed by atoms with Crippen LogP contribution in [0.2, 0.25) is 0 Å². The number of pyridine rings is 1. The largest absolute Gasteiger partial charge is 0.256 e. The molecule has 3 aromatic carbocycles. The third-order valence-corrected chi connectivity index (χ3v) is 6.54. The average Bonchev–Trinajstić information content (AvgIpc) is 2.98. The quantitative estimate of drug-likeness (QED) is 0.257. The van der Waals surface area contributed by atoms with Gasteiger partial charge in [-0.1, -0.05) is 104 Å². The van der Waals surface area contributed by atoms with Crippen molar-refractivity contribution in [1.29, 1.82) is 0 Å². The van der Waals surface area contributed by atoms with Crippen LogP contribution in [0, 0.1) is 5.92 Å². The lowest BCUT2D eigenvalue weighted by molar-refractivity contribution is 0.738. The van der Waals surface area contributed by atoms with E-state index in [1.165, 1.54) is 0 Å². The second kappa shape index (κ2) is 10.1. The van der Waals surface area contributed by atoms with Gasteiger partial charge < -0.3 is 0 Å². The predicted octanol–water partition coefficient (Wildman–Crippen LogP) is 7.91. The Balaban J connectivity index is 1.39. The molecule has 0 bridgehead atoms. The molecule has 1 atom stereocenters. The summed E-state index contributed by atoms with van der Waals surface area (Å²) in [6.07, 6.45) is 9.37. The Bertz CT molecular complexity index is 1590. The fourth-order valence-corrected chi connectivity index (χ4v) is 4.45. The predicted molar refractivity (Wildman–Crippen MR) is 150 cm³/mol. The SMILES string of the molecule is C[C@H]1C=CC(c2nc(-c3ccccc3)nc(-c3cccc(-c4ccc(-c5ccccn5)cc4)c3)n2)=CC1. The zero-order valence-corrected chi connectivity index (χ0v) is 20.6. The number of allylic oxidation sites excluding steroid dienone is 4. The molecule has 1 aliphatic carbocycles. The van der Waals surface area contributed by atoms with Gasteiger partial charge in [0.1, 0.15) is 0 Å². The molecule has 0 saturated carbocycles. The molecule has 6 rings (SSSR count). The van der Waals surface area contributed by atoms with Crippen molar-refractivity contribution in [2.75, 3.05) is 0 Å². The molecule has 2 aromatic heterocycles. The van der Waals surface area contributed by atoms with Crippen LogP contribution in [0.4, 0.5) is 0 Å². The molecule has 4 nitrogen and oxygen atoms in total. The zero-order valence-electron chi connectivity index (χ0n) is 20.6. The van der Waals surface area contributed by atoms with Gasteiger partial charge in [0.15, 0.2) is 17.5 Å². The molecule has 5 aromatic rings. The molecule has 0 spiro atoms. The number of hydrogen-bond acceptors (Lipinski definition) is 4. The minimum atomic E-state index is 0.527. The summed E-state index contributed by atoms with van der Waals surface area (Å²) in [6.45, 7) is 2.21. The van der Waals surface area contributed by atoms with Gasteiger partial charge in [-0.3, -0.25) is 4.98 Å². The van der Waals surface area contributed by atoms with Crippen molar-refractivity contribution in [1.82, 2.24) is 19.9 Å². The highest BCUT2D eigenvalue weighted by atomic mass is 15.0. The minimum Gasteiger partial charge on any atom is -0.256 e. The van der Waals surface area contributed by atoms with Gasteiger partial charge in [0, 0.05) is 28.5 Å². The van der Waals surface area contributed by atoms with Gasteiger partial charge in [-0.15, -0.1) is 0 Å². The van der Waals surface area contributed by atoms with E-state index in [-0.39, 0.29) is 0 Å². The number of benzene rings is 3. The van der Waals surface area contributed by atoms with Crippen LogP contribution in [0.1, 0.15) is 19.2 Å². The summed E-state index contributed by atoms with van der Waals surface area (Å²) < 4.78 is 0. The third kappa shape index (κ3) is 5.00. The van der Waals surface area contributed by atoms with E-state index < -0.39 is 0 Å². The standard InChI is InChI=1S/C33H26N4/c1-23-13-15-27(16-14-23)32-35-31(26-8-3-2-4-9-26)36-33(37-32)29-11-7-10-28(22-29)24-17-19-25(20-18-24)30-12-5-6-21-34-30/h2-13,15-23H,14H2,1H3/t23-/m0/s1. The first kappa shape index (κ1) is 22.7. The maximum Gasteiger partial charge on any atom is 0.164 e.